The molecule has 0 spiro atoms. The van der Waals surface area contributed by atoms with Crippen LogP contribution in [0.15, 0.2) is 77.7 Å². The highest BCUT2D eigenvalue weighted by Crippen LogP contribution is 2.31. The molecular weight excluding hydrogens is 483 g/mol. The number of rotatable bonds is 10. The van der Waals surface area contributed by atoms with Crippen molar-refractivity contribution in [3.05, 3.63) is 88.4 Å². The molecule has 1 N–H and O–H groups in total. The molecule has 33 heavy (non-hydrogen) atoms. The van der Waals surface area contributed by atoms with Gasteiger partial charge in [-0.3, -0.25) is 9.10 Å². The van der Waals surface area contributed by atoms with Crippen molar-refractivity contribution in [3.63, 3.8) is 0 Å². The van der Waals surface area contributed by atoms with E-state index < -0.39 is 22.5 Å². The number of carbonyl (C=O) groups excluding carboxylic acids is 1. The summed E-state index contributed by atoms with van der Waals surface area (Å²) in [6.07, 6.45) is 1.36. The number of nitrogens with zero attached hydrogens (tertiary/aromatic N) is 1. The number of anilines is 1. The van der Waals surface area contributed by atoms with E-state index in [2.05, 4.69) is 5.32 Å². The van der Waals surface area contributed by atoms with Crippen molar-refractivity contribution < 1.29 is 17.9 Å². The number of aryl methyl sites for hydroxylation is 1. The van der Waals surface area contributed by atoms with E-state index >= 15 is 0 Å². The molecule has 9 heteroatoms. The van der Waals surface area contributed by atoms with Gasteiger partial charge >= 0.3 is 0 Å². The zero-order chi connectivity index (χ0) is 23.8. The van der Waals surface area contributed by atoms with Crippen molar-refractivity contribution in [1.82, 2.24) is 5.32 Å². The number of halogens is 2. The van der Waals surface area contributed by atoms with Crippen LogP contribution in [-0.4, -0.2) is 34.5 Å². The summed E-state index contributed by atoms with van der Waals surface area (Å²) in [5, 5.41) is 3.71. The largest absolute Gasteiger partial charge is 0.495 e. The maximum atomic E-state index is 13.3. The van der Waals surface area contributed by atoms with E-state index in [9.17, 15) is 13.2 Å². The smallest absolute Gasteiger partial charge is 0.264 e. The highest BCUT2D eigenvalue weighted by atomic mass is 35.5. The van der Waals surface area contributed by atoms with Crippen LogP contribution in [0.5, 0.6) is 5.75 Å². The van der Waals surface area contributed by atoms with Crippen LogP contribution < -0.4 is 14.4 Å². The van der Waals surface area contributed by atoms with Crippen LogP contribution >= 0.6 is 23.2 Å². The molecule has 0 fully saturated rings. The number of sulfonamides is 1. The van der Waals surface area contributed by atoms with Gasteiger partial charge in [0.15, 0.2) is 0 Å². The van der Waals surface area contributed by atoms with Gasteiger partial charge in [-0.05, 0) is 54.8 Å². The van der Waals surface area contributed by atoms with E-state index in [1.54, 1.807) is 30.3 Å². The van der Waals surface area contributed by atoms with Crippen molar-refractivity contribution in [3.8, 4) is 5.75 Å². The minimum absolute atomic E-state index is 0.0726. The number of hydrogen-bond donors (Lipinski definition) is 1. The van der Waals surface area contributed by atoms with Gasteiger partial charge in [-0.25, -0.2) is 8.42 Å². The summed E-state index contributed by atoms with van der Waals surface area (Å²) in [4.78, 5) is 12.8. The van der Waals surface area contributed by atoms with Crippen LogP contribution in [0.25, 0.3) is 0 Å². The first-order chi connectivity index (χ1) is 15.8. The minimum Gasteiger partial charge on any atom is -0.495 e. The van der Waals surface area contributed by atoms with Crippen LogP contribution in [-0.2, 0) is 21.2 Å². The van der Waals surface area contributed by atoms with E-state index in [1.165, 1.54) is 25.3 Å². The summed E-state index contributed by atoms with van der Waals surface area (Å²) in [5.74, 6) is -0.0258. The summed E-state index contributed by atoms with van der Waals surface area (Å²) in [7, 11) is -2.54. The fourth-order valence-electron chi connectivity index (χ4n) is 3.24. The maximum Gasteiger partial charge on any atom is 0.264 e. The lowest BCUT2D eigenvalue weighted by atomic mass is 10.1. The predicted molar refractivity (Wildman–Crippen MR) is 132 cm³/mol. The van der Waals surface area contributed by atoms with E-state index in [-0.39, 0.29) is 15.6 Å². The van der Waals surface area contributed by atoms with Gasteiger partial charge in [-0.15, -0.1) is 0 Å². The number of methoxy groups -OCH3 is 1. The summed E-state index contributed by atoms with van der Waals surface area (Å²) in [6.45, 7) is -0.0152. The lowest BCUT2D eigenvalue weighted by Crippen LogP contribution is -2.41. The van der Waals surface area contributed by atoms with Gasteiger partial charge in [0, 0.05) is 11.6 Å². The highest BCUT2D eigenvalue weighted by molar-refractivity contribution is 7.92. The number of carbonyl (C=O) groups is 1. The number of hydrogen-bond acceptors (Lipinski definition) is 4. The quantitative estimate of drug-likeness (QED) is 0.394. The summed E-state index contributed by atoms with van der Waals surface area (Å²) >= 11 is 12.4. The Balaban J connectivity index is 1.75. The number of benzene rings is 3. The first-order valence-electron chi connectivity index (χ1n) is 10.2. The first kappa shape index (κ1) is 24.9. The molecule has 0 aliphatic heterocycles. The van der Waals surface area contributed by atoms with Crippen molar-refractivity contribution in [2.24, 2.45) is 0 Å². The third-order valence-electron chi connectivity index (χ3n) is 4.94. The number of ether oxygens (including phenoxy) is 1. The molecule has 0 unspecified atom stereocenters. The van der Waals surface area contributed by atoms with Gasteiger partial charge in [0.1, 0.15) is 12.3 Å². The lowest BCUT2D eigenvalue weighted by Gasteiger charge is -2.24. The molecule has 174 valence electrons. The normalized spacial score (nSPS) is 11.1. The van der Waals surface area contributed by atoms with Crippen LogP contribution in [0.3, 0.4) is 0 Å². The van der Waals surface area contributed by atoms with Crippen molar-refractivity contribution in [2.45, 2.75) is 17.7 Å². The van der Waals surface area contributed by atoms with Gasteiger partial charge in [0.2, 0.25) is 5.91 Å². The fourth-order valence-corrected chi connectivity index (χ4v) is 5.16. The zero-order valence-corrected chi connectivity index (χ0v) is 20.3. The fraction of sp³-hybridized carbons (Fsp3) is 0.208. The lowest BCUT2D eigenvalue weighted by molar-refractivity contribution is -0.119. The van der Waals surface area contributed by atoms with Gasteiger partial charge in [0.05, 0.1) is 22.7 Å². The molecule has 0 atom stereocenters. The Kier molecular flexibility index (Phi) is 8.61. The monoisotopic (exact) mass is 506 g/mol. The van der Waals surface area contributed by atoms with E-state index in [1.807, 2.05) is 24.3 Å². The maximum absolute atomic E-state index is 13.3. The Labute approximate surface area is 204 Å². The molecule has 3 aromatic rings. The first-order valence-corrected chi connectivity index (χ1v) is 12.4. The van der Waals surface area contributed by atoms with Gasteiger partial charge in [-0.2, -0.15) is 0 Å². The van der Waals surface area contributed by atoms with E-state index in [4.69, 9.17) is 27.9 Å². The predicted octanol–water partition coefficient (Wildman–Crippen LogP) is 4.95. The highest BCUT2D eigenvalue weighted by Gasteiger charge is 2.27. The third-order valence-corrected chi connectivity index (χ3v) is 7.40. The van der Waals surface area contributed by atoms with Crippen molar-refractivity contribution >= 4 is 44.8 Å². The van der Waals surface area contributed by atoms with Gasteiger partial charge in [0.25, 0.3) is 10.0 Å². The molecule has 0 aromatic heterocycles. The standard InChI is InChI=1S/C24H24Cl2N2O4S/c1-32-23-14-13-19(16-22(23)26)28(33(30,31)20-10-3-2-4-11-20)17-24(29)27-15-7-9-18-8-5-6-12-21(18)25/h2-6,8,10-14,16H,7,9,15,17H2,1H3,(H,27,29). The Morgan fingerprint density at radius 2 is 1.67 bits per heavy atom. The van der Waals surface area contributed by atoms with E-state index in [0.29, 0.717) is 30.2 Å². The number of nitrogens with one attached hydrogen (secondary N) is 1. The third kappa shape index (κ3) is 6.41. The second kappa shape index (κ2) is 11.4. The molecule has 3 rings (SSSR count). The molecule has 0 aliphatic rings. The second-order valence-corrected chi connectivity index (χ2v) is 9.87. The van der Waals surface area contributed by atoms with Gasteiger partial charge in [-0.1, -0.05) is 59.6 Å². The number of amides is 1. The topological polar surface area (TPSA) is 75.7 Å². The second-order valence-electron chi connectivity index (χ2n) is 7.19. The Morgan fingerprint density at radius 3 is 2.33 bits per heavy atom. The molecule has 0 bridgehead atoms. The molecule has 0 radical (unpaired) electrons. The zero-order valence-electron chi connectivity index (χ0n) is 18.0. The molecule has 0 saturated carbocycles. The Hall–Kier alpha value is -2.74. The van der Waals surface area contributed by atoms with Crippen LogP contribution in [0.4, 0.5) is 5.69 Å². The molecule has 0 aliphatic carbocycles. The molecule has 0 heterocycles. The van der Waals surface area contributed by atoms with Crippen molar-refractivity contribution in [1.29, 1.82) is 0 Å². The summed E-state index contributed by atoms with van der Waals surface area (Å²) < 4.78 is 32.9. The van der Waals surface area contributed by atoms with E-state index in [0.717, 1.165) is 9.87 Å². The van der Waals surface area contributed by atoms with Crippen LogP contribution in [0, 0.1) is 0 Å². The van der Waals surface area contributed by atoms with Crippen LogP contribution in [0.2, 0.25) is 10.0 Å². The average molecular weight is 507 g/mol. The molecule has 6 nitrogen and oxygen atoms in total. The summed E-state index contributed by atoms with van der Waals surface area (Å²) in [6, 6.07) is 20.0. The Bertz CT molecular complexity index is 1200. The molecule has 3 aromatic carbocycles. The SMILES string of the molecule is COc1ccc(N(CC(=O)NCCCc2ccccc2Cl)S(=O)(=O)c2ccccc2)cc1Cl. The van der Waals surface area contributed by atoms with Crippen molar-refractivity contribution in [2.75, 3.05) is 24.5 Å². The molecular formula is C24H24Cl2N2O4S. The average Bonchev–Trinajstić information content (AvgIpc) is 2.81. The van der Waals surface area contributed by atoms with Crippen LogP contribution in [0.1, 0.15) is 12.0 Å². The summed E-state index contributed by atoms with van der Waals surface area (Å²) in [5.41, 5.74) is 1.26. The molecule has 0 saturated heterocycles. The minimum atomic E-state index is -4.01. The molecule has 1 amide bonds. The Morgan fingerprint density at radius 1 is 0.970 bits per heavy atom. The van der Waals surface area contributed by atoms with Gasteiger partial charge < -0.3 is 10.1 Å².